The van der Waals surface area contributed by atoms with E-state index in [0.717, 1.165) is 0 Å². The minimum Gasteiger partial charge on any atom is -0.493 e. The van der Waals surface area contributed by atoms with E-state index >= 15 is 0 Å². The van der Waals surface area contributed by atoms with Crippen molar-refractivity contribution in [3.63, 3.8) is 0 Å². The lowest BCUT2D eigenvalue weighted by molar-refractivity contribution is -0.139. The third-order valence-corrected chi connectivity index (χ3v) is 6.28. The molecule has 0 saturated carbocycles. The molecule has 0 aromatic heterocycles. The van der Waals surface area contributed by atoms with Gasteiger partial charge >= 0.3 is 12.0 Å². The average Bonchev–Trinajstić information content (AvgIpc) is 2.91. The summed E-state index contributed by atoms with van der Waals surface area (Å²) in [5, 5.41) is 9.60. The van der Waals surface area contributed by atoms with Gasteiger partial charge in [-0.3, -0.25) is 4.79 Å². The van der Waals surface area contributed by atoms with Crippen molar-refractivity contribution < 1.29 is 33.3 Å². The number of carbonyl (C=O) groups is 3. The monoisotopic (exact) mass is 634 g/mol. The number of allylic oxidation sites excluding steroid dienone is 1. The summed E-state index contributed by atoms with van der Waals surface area (Å²) in [6, 6.07) is 6.98. The van der Waals surface area contributed by atoms with Crippen molar-refractivity contribution in [2.24, 2.45) is 5.10 Å². The van der Waals surface area contributed by atoms with E-state index in [2.05, 4.69) is 43.7 Å². The first-order valence-electron chi connectivity index (χ1n) is 12.0. The predicted molar refractivity (Wildman–Crippen MR) is 153 cm³/mol. The molecule has 0 aliphatic carbocycles. The van der Waals surface area contributed by atoms with Crippen LogP contribution in [0.1, 0.15) is 31.0 Å². The molecular weight excluding hydrogens is 608 g/mol. The summed E-state index contributed by atoms with van der Waals surface area (Å²) >= 11 is 9.64. The highest BCUT2D eigenvalue weighted by Crippen LogP contribution is 2.35. The van der Waals surface area contributed by atoms with Crippen molar-refractivity contribution in [1.82, 2.24) is 16.1 Å². The first-order chi connectivity index (χ1) is 19.2. The number of rotatable bonds is 12. The first-order valence-corrected chi connectivity index (χ1v) is 13.2. The van der Waals surface area contributed by atoms with Gasteiger partial charge in [0.15, 0.2) is 23.9 Å². The van der Waals surface area contributed by atoms with Crippen LogP contribution in [0.25, 0.3) is 0 Å². The summed E-state index contributed by atoms with van der Waals surface area (Å²) in [5.74, 6) is -0.0367. The van der Waals surface area contributed by atoms with Gasteiger partial charge in [0.2, 0.25) is 0 Å². The van der Waals surface area contributed by atoms with Crippen LogP contribution in [0.4, 0.5) is 4.79 Å². The SMILES string of the molecule is C=CCOc1c(Cl)cc(/C=N\NC(=O)COc2ccc([C@@H]3NC(=O)NC(C)=C3C(=O)OCC)cc2OC)cc1Br. The number of nitrogens with one attached hydrogen (secondary N) is 3. The number of amides is 3. The fourth-order valence-electron chi connectivity index (χ4n) is 3.69. The Morgan fingerprint density at radius 3 is 2.67 bits per heavy atom. The quantitative estimate of drug-likeness (QED) is 0.136. The maximum Gasteiger partial charge on any atom is 0.338 e. The van der Waals surface area contributed by atoms with E-state index in [-0.39, 0.29) is 24.5 Å². The molecule has 11 nitrogen and oxygen atoms in total. The molecule has 3 amide bonds. The molecule has 40 heavy (non-hydrogen) atoms. The normalized spacial score (nSPS) is 14.7. The van der Waals surface area contributed by atoms with E-state index in [1.54, 1.807) is 50.3 Å². The summed E-state index contributed by atoms with van der Waals surface area (Å²) in [6.45, 7) is 7.04. The molecule has 13 heteroatoms. The summed E-state index contributed by atoms with van der Waals surface area (Å²) < 4.78 is 22.3. The smallest absolute Gasteiger partial charge is 0.338 e. The van der Waals surface area contributed by atoms with Crippen LogP contribution in [0.15, 0.2) is 63.8 Å². The standard InChI is InChI=1S/C27H28BrClN4O7/c1-5-9-39-25-18(28)10-16(11-19(25)29)13-30-33-22(34)14-40-20-8-7-17(12-21(20)37-4)24-23(26(35)38-6-2)15(3)31-27(36)32-24/h5,7-8,10-13,24H,1,6,9,14H2,2-4H3,(H,33,34)(H2,31,32,36)/b30-13-/t24-/m0/s1. The van der Waals surface area contributed by atoms with E-state index in [0.29, 0.717) is 44.4 Å². The molecule has 0 radical (unpaired) electrons. The topological polar surface area (TPSA) is 137 Å². The fourth-order valence-corrected chi connectivity index (χ4v) is 4.68. The number of hydrogen-bond donors (Lipinski definition) is 3. The average molecular weight is 636 g/mol. The number of hydrogen-bond acceptors (Lipinski definition) is 8. The molecule has 2 aromatic carbocycles. The van der Waals surface area contributed by atoms with Gasteiger partial charge in [0.1, 0.15) is 6.61 Å². The molecule has 1 aliphatic heterocycles. The van der Waals surface area contributed by atoms with Crippen LogP contribution in [0.5, 0.6) is 17.2 Å². The zero-order valence-corrected chi connectivity index (χ0v) is 24.4. The van der Waals surface area contributed by atoms with Crippen LogP contribution in [0, 0.1) is 0 Å². The molecule has 0 unspecified atom stereocenters. The molecule has 0 bridgehead atoms. The fraction of sp³-hybridized carbons (Fsp3) is 0.259. The maximum absolute atomic E-state index is 12.6. The van der Waals surface area contributed by atoms with Crippen LogP contribution in [0.3, 0.4) is 0 Å². The van der Waals surface area contributed by atoms with E-state index < -0.39 is 23.9 Å². The summed E-state index contributed by atoms with van der Waals surface area (Å²) in [4.78, 5) is 37.0. The van der Waals surface area contributed by atoms with Gasteiger partial charge in [-0.1, -0.05) is 30.3 Å². The molecule has 3 N–H and O–H groups in total. The van der Waals surface area contributed by atoms with Crippen molar-refractivity contribution >= 4 is 51.7 Å². The van der Waals surface area contributed by atoms with Gasteiger partial charge < -0.3 is 29.6 Å². The van der Waals surface area contributed by atoms with Crippen LogP contribution < -0.4 is 30.3 Å². The van der Waals surface area contributed by atoms with Crippen molar-refractivity contribution in [3.05, 3.63) is 74.9 Å². The molecule has 0 saturated heterocycles. The van der Waals surface area contributed by atoms with Crippen molar-refractivity contribution in [3.8, 4) is 17.2 Å². The van der Waals surface area contributed by atoms with E-state index in [1.165, 1.54) is 13.3 Å². The van der Waals surface area contributed by atoms with E-state index in [4.69, 9.17) is 30.5 Å². The predicted octanol–water partition coefficient (Wildman–Crippen LogP) is 4.40. The third-order valence-electron chi connectivity index (χ3n) is 5.41. The maximum atomic E-state index is 12.6. The number of esters is 1. The lowest BCUT2D eigenvalue weighted by Crippen LogP contribution is -2.45. The van der Waals surface area contributed by atoms with Crippen molar-refractivity contribution in [2.45, 2.75) is 19.9 Å². The lowest BCUT2D eigenvalue weighted by atomic mass is 9.95. The molecule has 212 valence electrons. The molecule has 1 atom stereocenters. The largest absolute Gasteiger partial charge is 0.493 e. The lowest BCUT2D eigenvalue weighted by Gasteiger charge is -2.28. The first kappa shape index (κ1) is 30.5. The Bertz CT molecular complexity index is 1340. The molecule has 1 aliphatic rings. The van der Waals surface area contributed by atoms with Crippen LogP contribution in [-0.2, 0) is 14.3 Å². The number of nitrogens with zero attached hydrogens (tertiary/aromatic N) is 1. The van der Waals surface area contributed by atoms with Crippen LogP contribution in [0.2, 0.25) is 5.02 Å². The van der Waals surface area contributed by atoms with Gasteiger partial charge in [0, 0.05) is 5.70 Å². The Hall–Kier alpha value is -4.03. The molecule has 0 spiro atoms. The van der Waals surface area contributed by atoms with Gasteiger partial charge in [-0.15, -0.1) is 0 Å². The Balaban J connectivity index is 1.66. The van der Waals surface area contributed by atoms with E-state index in [9.17, 15) is 14.4 Å². The van der Waals surface area contributed by atoms with Gasteiger partial charge in [0.05, 0.1) is 41.0 Å². The summed E-state index contributed by atoms with van der Waals surface area (Å²) in [6.07, 6.45) is 3.03. The number of benzene rings is 2. The number of carbonyl (C=O) groups excluding carboxylic acids is 3. The number of urea groups is 1. The number of ether oxygens (including phenoxy) is 4. The second-order valence-electron chi connectivity index (χ2n) is 8.20. The highest BCUT2D eigenvalue weighted by atomic mass is 79.9. The molecular formula is C27H28BrClN4O7. The second kappa shape index (κ2) is 14.4. The van der Waals surface area contributed by atoms with Gasteiger partial charge in [-0.25, -0.2) is 15.0 Å². The zero-order valence-electron chi connectivity index (χ0n) is 22.0. The van der Waals surface area contributed by atoms with Gasteiger partial charge in [0.25, 0.3) is 5.91 Å². The van der Waals surface area contributed by atoms with Crippen molar-refractivity contribution in [1.29, 1.82) is 0 Å². The number of halogens is 2. The Kier molecular flexibility index (Phi) is 11.0. The van der Waals surface area contributed by atoms with Crippen LogP contribution in [-0.4, -0.2) is 51.1 Å². The Labute approximate surface area is 244 Å². The molecule has 2 aromatic rings. The second-order valence-corrected chi connectivity index (χ2v) is 9.46. The molecule has 0 fully saturated rings. The van der Waals surface area contributed by atoms with Gasteiger partial charge in [-0.2, -0.15) is 5.10 Å². The number of methoxy groups -OCH3 is 1. The number of hydrazone groups is 1. The molecule has 1 heterocycles. The zero-order chi connectivity index (χ0) is 29.2. The third kappa shape index (κ3) is 7.76. The molecule has 3 rings (SSSR count). The van der Waals surface area contributed by atoms with Crippen LogP contribution >= 0.6 is 27.5 Å². The Morgan fingerprint density at radius 2 is 2.00 bits per heavy atom. The summed E-state index contributed by atoms with van der Waals surface area (Å²) in [7, 11) is 1.43. The summed E-state index contributed by atoms with van der Waals surface area (Å²) in [5.41, 5.74) is 4.21. The minimum absolute atomic E-state index is 0.182. The minimum atomic E-state index is -0.774. The van der Waals surface area contributed by atoms with Crippen molar-refractivity contribution in [2.75, 3.05) is 26.9 Å². The highest BCUT2D eigenvalue weighted by Gasteiger charge is 2.32. The Morgan fingerprint density at radius 1 is 1.23 bits per heavy atom. The van der Waals surface area contributed by atoms with Gasteiger partial charge in [-0.05, 0) is 65.2 Å². The highest BCUT2D eigenvalue weighted by molar-refractivity contribution is 9.10. The van der Waals surface area contributed by atoms with E-state index in [1.807, 2.05) is 0 Å².